The van der Waals surface area contributed by atoms with Crippen LogP contribution in [-0.4, -0.2) is 23.0 Å². The van der Waals surface area contributed by atoms with Crippen LogP contribution < -0.4 is 0 Å². The van der Waals surface area contributed by atoms with Gasteiger partial charge in [0.1, 0.15) is 26.1 Å². The Labute approximate surface area is 200 Å². The first-order valence-electron chi connectivity index (χ1n) is 7.66. The molecule has 0 amide bonds. The monoisotopic (exact) mass is 552 g/mol. The normalized spacial score (nSPS) is 27.4. The molecule has 0 saturated carbocycles. The van der Waals surface area contributed by atoms with Gasteiger partial charge < -0.3 is 10.2 Å². The number of halogens is 7. The summed E-state index contributed by atoms with van der Waals surface area (Å²) >= 11 is 44.3. The van der Waals surface area contributed by atoms with Crippen LogP contribution in [-0.2, 0) is 19.6 Å². The van der Waals surface area contributed by atoms with Gasteiger partial charge in [-0.1, -0.05) is 58.0 Å². The predicted octanol–water partition coefficient (Wildman–Crippen LogP) is 6.34. The first kappa shape index (κ1) is 22.0. The van der Waals surface area contributed by atoms with Crippen LogP contribution in [0.1, 0.15) is 11.1 Å². The van der Waals surface area contributed by atoms with E-state index in [1.165, 1.54) is 24.3 Å². The maximum absolute atomic E-state index is 13.1. The standard InChI is InChI=1S/C17H7Cl7O4S/c18-6-1-3-7(4-2-6)29(27,28)9-5-8(25)10-11(12(9)26)16(22)14(20)13(19)15(10,21)17(16,23)24/h1-5,25-26H. The molecule has 2 unspecified atom stereocenters. The van der Waals surface area contributed by atoms with Crippen molar-refractivity contribution in [2.24, 2.45) is 0 Å². The summed E-state index contributed by atoms with van der Waals surface area (Å²) in [6, 6.07) is 6.03. The Morgan fingerprint density at radius 3 is 1.79 bits per heavy atom. The van der Waals surface area contributed by atoms with Crippen molar-refractivity contribution in [2.45, 2.75) is 23.9 Å². The van der Waals surface area contributed by atoms with E-state index in [1.807, 2.05) is 0 Å². The molecule has 4 rings (SSSR count). The number of allylic oxidation sites excluding steroid dienone is 2. The lowest BCUT2D eigenvalue weighted by Crippen LogP contribution is -2.39. The van der Waals surface area contributed by atoms with Gasteiger partial charge in [0.2, 0.25) is 9.84 Å². The summed E-state index contributed by atoms with van der Waals surface area (Å²) in [5, 5.41) is 21.4. The van der Waals surface area contributed by atoms with Crippen molar-refractivity contribution >= 4 is 91.0 Å². The summed E-state index contributed by atoms with van der Waals surface area (Å²) in [5.74, 6) is -1.44. The molecule has 154 valence electrons. The van der Waals surface area contributed by atoms with Crippen molar-refractivity contribution in [3.8, 4) is 11.5 Å². The van der Waals surface area contributed by atoms with E-state index in [2.05, 4.69) is 0 Å². The number of alkyl halides is 4. The van der Waals surface area contributed by atoms with Gasteiger partial charge in [-0.3, -0.25) is 0 Å². The van der Waals surface area contributed by atoms with E-state index in [-0.39, 0.29) is 26.1 Å². The molecule has 0 aliphatic heterocycles. The second-order valence-corrected chi connectivity index (χ2v) is 12.0. The Balaban J connectivity index is 2.08. The smallest absolute Gasteiger partial charge is 0.210 e. The Hall–Kier alpha value is -0.240. The van der Waals surface area contributed by atoms with E-state index < -0.39 is 40.3 Å². The SMILES string of the molecule is O=S(=O)(c1ccc(Cl)cc1)c1cc(O)c2c(c1O)C1(Cl)C(Cl)=C(Cl)C2(Cl)C1(Cl)Cl. The molecule has 2 N–H and O–H groups in total. The second kappa shape index (κ2) is 6.39. The van der Waals surface area contributed by atoms with Crippen LogP contribution >= 0.6 is 81.2 Å². The van der Waals surface area contributed by atoms with E-state index >= 15 is 0 Å². The molecule has 12 heteroatoms. The van der Waals surface area contributed by atoms with Crippen LogP contribution in [0.3, 0.4) is 0 Å². The van der Waals surface area contributed by atoms with Crippen LogP contribution in [0.25, 0.3) is 0 Å². The zero-order valence-corrected chi connectivity index (χ0v) is 19.8. The van der Waals surface area contributed by atoms with Crippen molar-refractivity contribution < 1.29 is 18.6 Å². The molecule has 0 radical (unpaired) electrons. The number of fused-ring (bicyclic) bond motifs is 5. The molecule has 0 fully saturated rings. The van der Waals surface area contributed by atoms with Crippen molar-refractivity contribution in [1.82, 2.24) is 0 Å². The molecular weight excluding hydrogens is 548 g/mol. The van der Waals surface area contributed by atoms with Crippen molar-refractivity contribution in [3.63, 3.8) is 0 Å². The van der Waals surface area contributed by atoms with Gasteiger partial charge in [-0.05, 0) is 24.3 Å². The van der Waals surface area contributed by atoms with Gasteiger partial charge in [-0.2, -0.15) is 0 Å². The topological polar surface area (TPSA) is 74.6 Å². The third-order valence-corrected chi connectivity index (χ3v) is 11.1. The molecule has 0 spiro atoms. The number of hydrogen-bond donors (Lipinski definition) is 2. The second-order valence-electron chi connectivity index (χ2n) is 6.47. The Bertz CT molecular complexity index is 1220. The highest BCUT2D eigenvalue weighted by atomic mass is 35.5. The van der Waals surface area contributed by atoms with Gasteiger partial charge in [0.25, 0.3) is 0 Å². The summed E-state index contributed by atoms with van der Waals surface area (Å²) in [7, 11) is -4.31. The van der Waals surface area contributed by atoms with Crippen LogP contribution in [0.5, 0.6) is 11.5 Å². The number of phenols is 2. The summed E-state index contributed by atoms with van der Waals surface area (Å²) in [6.45, 7) is 0. The third kappa shape index (κ3) is 2.39. The van der Waals surface area contributed by atoms with Crippen LogP contribution in [0.2, 0.25) is 5.02 Å². The number of aromatic hydroxyl groups is 2. The third-order valence-electron chi connectivity index (χ3n) is 5.01. The molecule has 2 aromatic rings. The van der Waals surface area contributed by atoms with E-state index in [0.29, 0.717) is 5.02 Å². The zero-order valence-electron chi connectivity index (χ0n) is 13.7. The first-order chi connectivity index (χ1) is 13.2. The number of phenolic OH excluding ortho intramolecular Hbond substituents is 2. The minimum absolute atomic E-state index is 0.188. The molecule has 0 aromatic heterocycles. The molecule has 2 aliphatic carbocycles. The lowest BCUT2D eigenvalue weighted by Gasteiger charge is -2.31. The molecule has 2 aromatic carbocycles. The highest BCUT2D eigenvalue weighted by molar-refractivity contribution is 7.91. The molecule has 2 atom stereocenters. The molecule has 2 bridgehead atoms. The molecule has 0 saturated heterocycles. The first-order valence-corrected chi connectivity index (χ1v) is 11.8. The number of rotatable bonds is 2. The van der Waals surface area contributed by atoms with Crippen LogP contribution in [0.4, 0.5) is 0 Å². The van der Waals surface area contributed by atoms with E-state index in [4.69, 9.17) is 81.2 Å². The van der Waals surface area contributed by atoms with Gasteiger partial charge >= 0.3 is 0 Å². The Morgan fingerprint density at radius 1 is 0.793 bits per heavy atom. The lowest BCUT2D eigenvalue weighted by molar-refractivity contribution is 0.433. The van der Waals surface area contributed by atoms with Gasteiger partial charge in [-0.15, -0.1) is 23.2 Å². The van der Waals surface area contributed by atoms with Gasteiger partial charge in [0.15, 0.2) is 4.33 Å². The van der Waals surface area contributed by atoms with Gasteiger partial charge in [-0.25, -0.2) is 8.42 Å². The fourth-order valence-electron chi connectivity index (χ4n) is 3.61. The molecule has 0 heterocycles. The van der Waals surface area contributed by atoms with E-state index in [9.17, 15) is 18.6 Å². The fraction of sp³-hybridized carbons (Fsp3) is 0.176. The van der Waals surface area contributed by atoms with Crippen molar-refractivity contribution in [1.29, 1.82) is 0 Å². The fourth-order valence-corrected chi connectivity index (χ4v) is 7.81. The average molecular weight is 555 g/mol. The highest BCUT2D eigenvalue weighted by Gasteiger charge is 2.79. The zero-order chi connectivity index (χ0) is 21.7. The maximum atomic E-state index is 13.1. The molecule has 4 nitrogen and oxygen atoms in total. The van der Waals surface area contributed by atoms with Gasteiger partial charge in [0.05, 0.1) is 15.0 Å². The summed E-state index contributed by atoms with van der Waals surface area (Å²) in [4.78, 5) is -4.94. The largest absolute Gasteiger partial charge is 0.508 e. The summed E-state index contributed by atoms with van der Waals surface area (Å²) in [5.41, 5.74) is -0.553. The predicted molar refractivity (Wildman–Crippen MR) is 115 cm³/mol. The van der Waals surface area contributed by atoms with E-state index in [1.54, 1.807) is 0 Å². The molecule has 2 aliphatic rings. The van der Waals surface area contributed by atoms with E-state index in [0.717, 1.165) is 6.07 Å². The van der Waals surface area contributed by atoms with Gasteiger partial charge in [0, 0.05) is 22.2 Å². The Morgan fingerprint density at radius 2 is 1.28 bits per heavy atom. The Kier molecular flexibility index (Phi) is 4.84. The van der Waals surface area contributed by atoms with Crippen LogP contribution in [0, 0.1) is 0 Å². The summed E-state index contributed by atoms with van der Waals surface area (Å²) in [6.07, 6.45) is 0. The van der Waals surface area contributed by atoms with Crippen molar-refractivity contribution in [2.75, 3.05) is 0 Å². The summed E-state index contributed by atoms with van der Waals surface area (Å²) < 4.78 is 24.0. The lowest BCUT2D eigenvalue weighted by atomic mass is 9.93. The highest BCUT2D eigenvalue weighted by Crippen LogP contribution is 2.80. The quantitative estimate of drug-likeness (QED) is 0.335. The minimum atomic E-state index is -4.31. The van der Waals surface area contributed by atoms with Crippen LogP contribution in [0.15, 0.2) is 50.2 Å². The maximum Gasteiger partial charge on any atom is 0.210 e. The molecular formula is C17H7Cl7O4S. The molecule has 29 heavy (non-hydrogen) atoms. The number of benzene rings is 2. The minimum Gasteiger partial charge on any atom is -0.508 e. The van der Waals surface area contributed by atoms with Crippen molar-refractivity contribution in [3.05, 3.63) is 56.5 Å². The number of hydrogen-bond acceptors (Lipinski definition) is 4. The number of sulfone groups is 1. The average Bonchev–Trinajstić information content (AvgIpc) is 2.85.